The van der Waals surface area contributed by atoms with Crippen LogP contribution in [-0.2, 0) is 10.0 Å². The number of likely N-dealkylation sites (tertiary alicyclic amines) is 1. The molecule has 142 valence electrons. The van der Waals surface area contributed by atoms with Gasteiger partial charge in [-0.05, 0) is 37.5 Å². The van der Waals surface area contributed by atoms with Crippen molar-refractivity contribution in [1.82, 2.24) is 9.21 Å². The summed E-state index contributed by atoms with van der Waals surface area (Å²) in [6.45, 7) is 7.35. The van der Waals surface area contributed by atoms with Crippen LogP contribution in [0, 0.1) is 6.92 Å². The van der Waals surface area contributed by atoms with Gasteiger partial charge in [0, 0.05) is 37.8 Å². The van der Waals surface area contributed by atoms with Crippen molar-refractivity contribution in [3.8, 4) is 0 Å². The molecule has 6 nitrogen and oxygen atoms in total. The molecule has 1 unspecified atom stereocenters. The summed E-state index contributed by atoms with van der Waals surface area (Å²) in [7, 11) is -3.59. The largest absolute Gasteiger partial charge is 0.337 e. The quantitative estimate of drug-likeness (QED) is 0.834. The number of nitrogens with zero attached hydrogens (tertiary/aromatic N) is 2. The topological polar surface area (TPSA) is 83.7 Å². The number of piperidine rings is 1. The molecule has 2 rings (SSSR count). The second kappa shape index (κ2) is 8.98. The maximum absolute atomic E-state index is 12.8. The van der Waals surface area contributed by atoms with Crippen LogP contribution in [-0.4, -0.2) is 55.8 Å². The number of carbonyl (C=O) groups excluding carboxylic acids is 1. The lowest BCUT2D eigenvalue weighted by molar-refractivity contribution is 0.0708. The Bertz CT molecular complexity index is 705. The van der Waals surface area contributed by atoms with Crippen LogP contribution in [0.25, 0.3) is 0 Å². The third kappa shape index (κ3) is 4.73. The molecule has 1 saturated heterocycles. The molecule has 0 aliphatic carbocycles. The van der Waals surface area contributed by atoms with E-state index in [2.05, 4.69) is 0 Å². The van der Waals surface area contributed by atoms with Crippen LogP contribution in [0.1, 0.15) is 42.6 Å². The first-order chi connectivity index (χ1) is 11.3. The highest BCUT2D eigenvalue weighted by atomic mass is 35.5. The van der Waals surface area contributed by atoms with E-state index in [0.29, 0.717) is 37.3 Å². The Hall–Kier alpha value is -1.15. The van der Waals surface area contributed by atoms with Crippen LogP contribution in [0.5, 0.6) is 0 Å². The van der Waals surface area contributed by atoms with Gasteiger partial charge in [0.1, 0.15) is 0 Å². The van der Waals surface area contributed by atoms with Gasteiger partial charge in [-0.25, -0.2) is 8.42 Å². The van der Waals surface area contributed by atoms with Crippen molar-refractivity contribution in [2.45, 2.75) is 44.6 Å². The number of amides is 1. The molecule has 1 aliphatic rings. The van der Waals surface area contributed by atoms with Gasteiger partial charge in [-0.2, -0.15) is 4.31 Å². The fraction of sp³-hybridized carbons (Fsp3) is 0.588. The summed E-state index contributed by atoms with van der Waals surface area (Å²) in [4.78, 5) is 14.6. The predicted molar refractivity (Wildman–Crippen MR) is 102 cm³/mol. The summed E-state index contributed by atoms with van der Waals surface area (Å²) in [6, 6.07) is 4.89. The van der Waals surface area contributed by atoms with Crippen LogP contribution in [0.3, 0.4) is 0 Å². The molecule has 1 amide bonds. The van der Waals surface area contributed by atoms with Crippen molar-refractivity contribution < 1.29 is 13.2 Å². The lowest BCUT2D eigenvalue weighted by Crippen LogP contribution is -2.45. The van der Waals surface area contributed by atoms with Crippen molar-refractivity contribution >= 4 is 28.3 Å². The van der Waals surface area contributed by atoms with Gasteiger partial charge >= 0.3 is 0 Å². The number of carbonyl (C=O) groups is 1. The zero-order valence-corrected chi connectivity index (χ0v) is 16.7. The first-order valence-electron chi connectivity index (χ1n) is 8.46. The van der Waals surface area contributed by atoms with E-state index in [1.54, 1.807) is 37.8 Å². The SMILES string of the molecule is CCN(CC)S(=O)(=O)c1cc(C(=O)N2CCCC(N)C2)ccc1C.Cl. The second-order valence-electron chi connectivity index (χ2n) is 6.22. The lowest BCUT2D eigenvalue weighted by atomic mass is 10.0. The van der Waals surface area contributed by atoms with Crippen LogP contribution in [0.2, 0.25) is 0 Å². The zero-order valence-electron chi connectivity index (χ0n) is 15.1. The molecule has 0 aromatic heterocycles. The molecule has 25 heavy (non-hydrogen) atoms. The Balaban J connectivity index is 0.00000312. The highest BCUT2D eigenvalue weighted by Gasteiger charge is 2.27. The third-order valence-corrected chi connectivity index (χ3v) is 6.70. The fourth-order valence-electron chi connectivity index (χ4n) is 3.09. The van der Waals surface area contributed by atoms with E-state index in [-0.39, 0.29) is 29.3 Å². The maximum atomic E-state index is 12.8. The molecule has 1 heterocycles. The predicted octanol–water partition coefficient (Wildman–Crippen LogP) is 2.01. The smallest absolute Gasteiger partial charge is 0.253 e. The van der Waals surface area contributed by atoms with Crippen molar-refractivity contribution in [3.05, 3.63) is 29.3 Å². The van der Waals surface area contributed by atoms with Crippen molar-refractivity contribution in [1.29, 1.82) is 0 Å². The molecular formula is C17H28ClN3O3S. The van der Waals surface area contributed by atoms with E-state index in [9.17, 15) is 13.2 Å². The Labute approximate surface area is 156 Å². The summed E-state index contributed by atoms with van der Waals surface area (Å²) < 4.78 is 27.0. The van der Waals surface area contributed by atoms with Gasteiger partial charge in [0.25, 0.3) is 5.91 Å². The van der Waals surface area contributed by atoms with E-state index >= 15 is 0 Å². The summed E-state index contributed by atoms with van der Waals surface area (Å²) in [6.07, 6.45) is 1.79. The minimum absolute atomic E-state index is 0. The Morgan fingerprint density at radius 2 is 1.96 bits per heavy atom. The molecule has 1 aromatic rings. The van der Waals surface area contributed by atoms with Gasteiger partial charge in [-0.1, -0.05) is 19.9 Å². The Morgan fingerprint density at radius 1 is 1.32 bits per heavy atom. The number of halogens is 1. The number of sulfonamides is 1. The number of hydrogen-bond acceptors (Lipinski definition) is 4. The molecule has 1 atom stereocenters. The highest BCUT2D eigenvalue weighted by Crippen LogP contribution is 2.23. The van der Waals surface area contributed by atoms with Crippen molar-refractivity contribution in [2.24, 2.45) is 5.73 Å². The van der Waals surface area contributed by atoms with Gasteiger partial charge < -0.3 is 10.6 Å². The summed E-state index contributed by atoms with van der Waals surface area (Å²) in [5, 5.41) is 0. The van der Waals surface area contributed by atoms with Gasteiger partial charge in [-0.15, -0.1) is 12.4 Å². The minimum Gasteiger partial charge on any atom is -0.337 e. The van der Waals surface area contributed by atoms with Crippen molar-refractivity contribution in [2.75, 3.05) is 26.2 Å². The number of aryl methyl sites for hydroxylation is 1. The molecule has 0 bridgehead atoms. The molecule has 1 fully saturated rings. The second-order valence-corrected chi connectivity index (χ2v) is 8.13. The lowest BCUT2D eigenvalue weighted by Gasteiger charge is -2.31. The van der Waals surface area contributed by atoms with Gasteiger partial charge in [0.05, 0.1) is 4.90 Å². The molecule has 2 N–H and O–H groups in total. The van der Waals surface area contributed by atoms with Crippen LogP contribution in [0.4, 0.5) is 0 Å². The minimum atomic E-state index is -3.59. The third-order valence-electron chi connectivity index (χ3n) is 4.50. The first-order valence-corrected chi connectivity index (χ1v) is 9.90. The molecule has 8 heteroatoms. The van der Waals surface area contributed by atoms with E-state index in [1.807, 2.05) is 0 Å². The number of benzene rings is 1. The van der Waals surface area contributed by atoms with Crippen LogP contribution >= 0.6 is 12.4 Å². The maximum Gasteiger partial charge on any atom is 0.253 e. The summed E-state index contributed by atoms with van der Waals surface area (Å²) in [5.41, 5.74) is 6.99. The van der Waals surface area contributed by atoms with E-state index in [4.69, 9.17) is 5.73 Å². The number of rotatable bonds is 5. The highest BCUT2D eigenvalue weighted by molar-refractivity contribution is 7.89. The fourth-order valence-corrected chi connectivity index (χ4v) is 4.80. The monoisotopic (exact) mass is 389 g/mol. The molecule has 0 spiro atoms. The van der Waals surface area contributed by atoms with Gasteiger partial charge in [0.15, 0.2) is 0 Å². The molecule has 1 aliphatic heterocycles. The van der Waals surface area contributed by atoms with E-state index < -0.39 is 10.0 Å². The first kappa shape index (κ1) is 21.9. The van der Waals surface area contributed by atoms with E-state index in [1.165, 1.54) is 10.4 Å². The molecule has 1 aromatic carbocycles. The van der Waals surface area contributed by atoms with Crippen LogP contribution in [0.15, 0.2) is 23.1 Å². The Kier molecular flexibility index (Phi) is 7.87. The molecule has 0 radical (unpaired) electrons. The Morgan fingerprint density at radius 3 is 2.52 bits per heavy atom. The zero-order chi connectivity index (χ0) is 17.9. The standard InChI is InChI=1S/C17H27N3O3S.ClH/c1-4-20(5-2)24(22,23)16-11-14(9-8-13(16)3)17(21)19-10-6-7-15(18)12-19;/h8-9,11,15H,4-7,10,12,18H2,1-3H3;1H. The summed E-state index contributed by atoms with van der Waals surface area (Å²) in [5.74, 6) is -0.152. The molecule has 0 saturated carbocycles. The number of nitrogens with two attached hydrogens (primary N) is 1. The van der Waals surface area contributed by atoms with Crippen LogP contribution < -0.4 is 5.73 Å². The van der Waals surface area contributed by atoms with Gasteiger partial charge in [0.2, 0.25) is 10.0 Å². The van der Waals surface area contributed by atoms with Crippen molar-refractivity contribution in [3.63, 3.8) is 0 Å². The number of hydrogen-bond donors (Lipinski definition) is 1. The normalized spacial score (nSPS) is 18.1. The average molecular weight is 390 g/mol. The summed E-state index contributed by atoms with van der Waals surface area (Å²) >= 11 is 0. The molecular weight excluding hydrogens is 362 g/mol. The van der Waals surface area contributed by atoms with Gasteiger partial charge in [-0.3, -0.25) is 4.79 Å². The van der Waals surface area contributed by atoms with E-state index in [0.717, 1.165) is 12.8 Å². The average Bonchev–Trinajstić information content (AvgIpc) is 2.55.